The van der Waals surface area contributed by atoms with Crippen molar-refractivity contribution in [2.75, 3.05) is 6.61 Å². The van der Waals surface area contributed by atoms with Gasteiger partial charge in [-0.05, 0) is 12.3 Å². The largest absolute Gasteiger partial charge is 0.469 e. The minimum absolute atomic E-state index is 0.170. The molecule has 0 fully saturated rings. The molecule has 0 aromatic heterocycles. The summed E-state index contributed by atoms with van der Waals surface area (Å²) >= 11 is 0. The topological polar surface area (TPSA) is 66.8 Å². The Morgan fingerprint density at radius 1 is 0.415 bits per heavy atom. The Bertz CT molecular complexity index is 536. The van der Waals surface area contributed by atoms with E-state index in [1.807, 2.05) is 0 Å². The van der Waals surface area contributed by atoms with E-state index in [1.54, 1.807) is 0 Å². The van der Waals surface area contributed by atoms with Crippen LogP contribution in [0.1, 0.15) is 219 Å². The monoisotopic (exact) mass is 603 g/mol. The van der Waals surface area contributed by atoms with Crippen molar-refractivity contribution in [1.82, 2.24) is 0 Å². The molecule has 0 aliphatic rings. The molecule has 0 spiro atoms. The van der Waals surface area contributed by atoms with Gasteiger partial charge in [0.2, 0.25) is 0 Å². The summed E-state index contributed by atoms with van der Waals surface area (Å²) in [6.45, 7) is 4.80. The molecule has 5 heteroatoms. The minimum Gasteiger partial charge on any atom is -0.303 e. The normalized spacial score (nSPS) is 12.8. The van der Waals surface area contributed by atoms with Crippen molar-refractivity contribution < 1.29 is 18.9 Å². The van der Waals surface area contributed by atoms with E-state index in [0.29, 0.717) is 0 Å². The van der Waals surface area contributed by atoms with E-state index >= 15 is 0 Å². The molecule has 0 bridgehead atoms. The van der Waals surface area contributed by atoms with E-state index in [-0.39, 0.29) is 6.61 Å². The Morgan fingerprint density at radius 2 is 0.659 bits per heavy atom. The Labute approximate surface area is 258 Å². The maximum atomic E-state index is 10.6. The predicted molar refractivity (Wildman–Crippen MR) is 181 cm³/mol. The van der Waals surface area contributed by atoms with Crippen molar-refractivity contribution in [2.24, 2.45) is 5.92 Å². The van der Waals surface area contributed by atoms with Crippen LogP contribution in [0.15, 0.2) is 0 Å². The highest BCUT2D eigenvalue weighted by molar-refractivity contribution is 7.46. The van der Waals surface area contributed by atoms with Crippen LogP contribution in [-0.2, 0) is 9.09 Å². The Hall–Kier alpha value is 0.110. The maximum Gasteiger partial charge on any atom is 0.469 e. The predicted octanol–water partition coefficient (Wildman–Crippen LogP) is 13.2. The lowest BCUT2D eigenvalue weighted by Gasteiger charge is -2.17. The molecular weight excluding hydrogens is 527 g/mol. The first-order valence-corrected chi connectivity index (χ1v) is 20.2. The van der Waals surface area contributed by atoms with Crippen LogP contribution < -0.4 is 0 Å². The summed E-state index contributed by atoms with van der Waals surface area (Å²) in [6, 6.07) is 0. The molecule has 0 aromatic carbocycles. The molecular formula is C36H75O4P. The lowest BCUT2D eigenvalue weighted by atomic mass is 9.89. The van der Waals surface area contributed by atoms with Gasteiger partial charge in [0.25, 0.3) is 0 Å². The minimum atomic E-state index is -4.28. The lowest BCUT2D eigenvalue weighted by Crippen LogP contribution is -2.01. The molecule has 0 saturated carbocycles. The highest BCUT2D eigenvalue weighted by atomic mass is 31.2. The summed E-state index contributed by atoms with van der Waals surface area (Å²) in [5.74, 6) is 1.00. The van der Waals surface area contributed by atoms with Gasteiger partial charge in [0.15, 0.2) is 0 Å². The van der Waals surface area contributed by atoms with Crippen LogP contribution >= 0.6 is 7.82 Å². The molecule has 0 heterocycles. The number of phosphoric acid groups is 1. The first kappa shape index (κ1) is 41.1. The molecule has 0 radical (unpaired) electrons. The van der Waals surface area contributed by atoms with Gasteiger partial charge in [-0.15, -0.1) is 0 Å². The molecule has 0 aliphatic heterocycles. The summed E-state index contributed by atoms with van der Waals surface area (Å²) in [5.41, 5.74) is 0. The SMILES string of the molecule is CCCCCCCCCCCCC(CCCCCC)CCCCCCCCCCCCCCCCCOP(=O)(O)O. The fraction of sp³-hybridized carbons (Fsp3) is 1.00. The number of hydrogen-bond acceptors (Lipinski definition) is 2. The van der Waals surface area contributed by atoms with E-state index in [1.165, 1.54) is 186 Å². The molecule has 1 unspecified atom stereocenters. The standard InChI is InChI=1S/C36H75O4P/c1-3-5-7-9-10-11-19-22-25-29-33-36(32-28-8-6-4-2)34-30-26-23-20-17-15-13-12-14-16-18-21-24-27-31-35-40-41(37,38)39/h36H,3-35H2,1-2H3,(H2,37,38,39). The molecule has 2 N–H and O–H groups in total. The van der Waals surface area contributed by atoms with Crippen LogP contribution in [0.3, 0.4) is 0 Å². The summed E-state index contributed by atoms with van der Waals surface area (Å²) in [6.07, 6.45) is 44.2. The fourth-order valence-corrected chi connectivity index (χ4v) is 6.60. The zero-order valence-corrected chi connectivity index (χ0v) is 29.0. The zero-order valence-electron chi connectivity index (χ0n) is 28.1. The third-order valence-corrected chi connectivity index (χ3v) is 9.47. The van der Waals surface area contributed by atoms with Gasteiger partial charge in [0.05, 0.1) is 6.61 Å². The second kappa shape index (κ2) is 33.0. The molecule has 0 rings (SSSR count). The highest BCUT2D eigenvalue weighted by Crippen LogP contribution is 2.35. The van der Waals surface area contributed by atoms with Crippen LogP contribution in [0, 0.1) is 5.92 Å². The average molecular weight is 603 g/mol. The number of unbranched alkanes of at least 4 members (excludes halogenated alkanes) is 26. The Balaban J connectivity index is 3.58. The van der Waals surface area contributed by atoms with Crippen LogP contribution in [0.4, 0.5) is 0 Å². The van der Waals surface area contributed by atoms with Gasteiger partial charge in [-0.3, -0.25) is 4.52 Å². The molecule has 0 saturated heterocycles. The number of phosphoric ester groups is 1. The Kier molecular flexibility index (Phi) is 33.1. The molecule has 0 aliphatic carbocycles. The molecule has 4 nitrogen and oxygen atoms in total. The van der Waals surface area contributed by atoms with Gasteiger partial charge < -0.3 is 9.79 Å². The smallest absolute Gasteiger partial charge is 0.303 e. The zero-order chi connectivity index (χ0) is 30.1. The summed E-state index contributed by atoms with van der Waals surface area (Å²) in [4.78, 5) is 17.3. The second-order valence-corrected chi connectivity index (χ2v) is 14.3. The summed E-state index contributed by atoms with van der Waals surface area (Å²) in [7, 11) is -4.28. The molecule has 0 amide bonds. The molecule has 41 heavy (non-hydrogen) atoms. The summed E-state index contributed by atoms with van der Waals surface area (Å²) < 4.78 is 15.1. The van der Waals surface area contributed by atoms with Crippen molar-refractivity contribution >= 4 is 7.82 Å². The van der Waals surface area contributed by atoms with E-state index in [9.17, 15) is 4.57 Å². The van der Waals surface area contributed by atoms with Gasteiger partial charge in [-0.2, -0.15) is 0 Å². The quantitative estimate of drug-likeness (QED) is 0.0559. The lowest BCUT2D eigenvalue weighted by molar-refractivity contribution is 0.193. The van der Waals surface area contributed by atoms with Gasteiger partial charge in [0, 0.05) is 0 Å². The number of rotatable bonds is 35. The maximum absolute atomic E-state index is 10.6. The van der Waals surface area contributed by atoms with Crippen molar-refractivity contribution in [3.05, 3.63) is 0 Å². The Morgan fingerprint density at radius 3 is 0.951 bits per heavy atom. The third kappa shape index (κ3) is 36.2. The van der Waals surface area contributed by atoms with Crippen LogP contribution in [0.2, 0.25) is 0 Å². The first-order valence-electron chi connectivity index (χ1n) is 18.7. The molecule has 248 valence electrons. The first-order chi connectivity index (χ1) is 20.0. The highest BCUT2D eigenvalue weighted by Gasteiger charge is 2.12. The van der Waals surface area contributed by atoms with Crippen LogP contribution in [0.5, 0.6) is 0 Å². The molecule has 0 aromatic rings. The van der Waals surface area contributed by atoms with Gasteiger partial charge >= 0.3 is 7.82 Å². The summed E-state index contributed by atoms with van der Waals surface area (Å²) in [5, 5.41) is 0. The average Bonchev–Trinajstić information content (AvgIpc) is 2.94. The van der Waals surface area contributed by atoms with Crippen molar-refractivity contribution in [1.29, 1.82) is 0 Å². The van der Waals surface area contributed by atoms with Crippen molar-refractivity contribution in [2.45, 2.75) is 219 Å². The fourth-order valence-electron chi connectivity index (χ4n) is 6.23. The van der Waals surface area contributed by atoms with Crippen LogP contribution in [-0.4, -0.2) is 16.4 Å². The van der Waals surface area contributed by atoms with Gasteiger partial charge in [0.1, 0.15) is 0 Å². The van der Waals surface area contributed by atoms with E-state index in [2.05, 4.69) is 18.4 Å². The number of hydrogen-bond donors (Lipinski definition) is 2. The molecule has 1 atom stereocenters. The van der Waals surface area contributed by atoms with E-state index in [4.69, 9.17) is 9.79 Å². The third-order valence-electron chi connectivity index (χ3n) is 8.95. The van der Waals surface area contributed by atoms with Gasteiger partial charge in [-0.1, -0.05) is 213 Å². The van der Waals surface area contributed by atoms with E-state index < -0.39 is 7.82 Å². The van der Waals surface area contributed by atoms with Crippen LogP contribution in [0.25, 0.3) is 0 Å². The van der Waals surface area contributed by atoms with E-state index in [0.717, 1.165) is 25.2 Å². The van der Waals surface area contributed by atoms with Gasteiger partial charge in [-0.25, -0.2) is 4.57 Å². The second-order valence-electron chi connectivity index (χ2n) is 13.1. The van der Waals surface area contributed by atoms with Crippen molar-refractivity contribution in [3.8, 4) is 0 Å². The van der Waals surface area contributed by atoms with Crippen molar-refractivity contribution in [3.63, 3.8) is 0 Å².